The van der Waals surface area contributed by atoms with Crippen molar-refractivity contribution < 1.29 is 0 Å². The molecule has 1 aromatic carbocycles. The Morgan fingerprint density at radius 3 is 2.38 bits per heavy atom. The molecule has 0 heterocycles. The number of anilines is 1. The normalized spacial score (nSPS) is 14.3. The lowest BCUT2D eigenvalue weighted by Gasteiger charge is -2.34. The summed E-state index contributed by atoms with van der Waals surface area (Å²) in [6, 6.07) is 7.51. The van der Waals surface area contributed by atoms with Crippen LogP contribution in [0.1, 0.15) is 38.3 Å². The maximum absolute atomic E-state index is 6.20. The molecule has 2 unspecified atom stereocenters. The molecule has 1 rings (SSSR count). The third-order valence-electron chi connectivity index (χ3n) is 4.05. The molecule has 0 amide bonds. The van der Waals surface area contributed by atoms with Gasteiger partial charge in [-0.05, 0) is 59.3 Å². The fourth-order valence-electron chi connectivity index (χ4n) is 2.93. The van der Waals surface area contributed by atoms with Crippen molar-refractivity contribution in [1.82, 2.24) is 4.90 Å². The molecular formula is C18H33N3. The van der Waals surface area contributed by atoms with Gasteiger partial charge in [-0.3, -0.25) is 0 Å². The molecule has 21 heavy (non-hydrogen) atoms. The first-order valence-electron chi connectivity index (χ1n) is 8.15. The van der Waals surface area contributed by atoms with Gasteiger partial charge >= 0.3 is 0 Å². The number of benzene rings is 1. The van der Waals surface area contributed by atoms with Crippen LogP contribution in [0.25, 0.3) is 0 Å². The minimum absolute atomic E-state index is 0.244. The molecule has 2 atom stereocenters. The average Bonchev–Trinajstić information content (AvgIpc) is 2.40. The van der Waals surface area contributed by atoms with Gasteiger partial charge in [0.2, 0.25) is 0 Å². The van der Waals surface area contributed by atoms with E-state index >= 15 is 0 Å². The Balaban J connectivity index is 3.07. The van der Waals surface area contributed by atoms with Crippen LogP contribution in [0.4, 0.5) is 5.69 Å². The van der Waals surface area contributed by atoms with E-state index in [1.54, 1.807) is 0 Å². The summed E-state index contributed by atoms with van der Waals surface area (Å²) in [5.41, 5.74) is 10.2. The SMILES string of the molecule is CCC(N)Cc1cc(C)ccc1N(CC)C(C)CN(C)C. The van der Waals surface area contributed by atoms with Crippen molar-refractivity contribution in [3.63, 3.8) is 0 Å². The fraction of sp³-hybridized carbons (Fsp3) is 0.667. The van der Waals surface area contributed by atoms with Crippen LogP contribution in [0, 0.1) is 6.92 Å². The molecule has 0 saturated carbocycles. The van der Waals surface area contributed by atoms with E-state index in [4.69, 9.17) is 5.73 Å². The summed E-state index contributed by atoms with van der Waals surface area (Å²) in [5.74, 6) is 0. The van der Waals surface area contributed by atoms with E-state index in [1.165, 1.54) is 16.8 Å². The van der Waals surface area contributed by atoms with Gasteiger partial charge in [0.25, 0.3) is 0 Å². The van der Waals surface area contributed by atoms with Gasteiger partial charge in [0, 0.05) is 30.9 Å². The number of rotatable bonds is 8. The molecule has 120 valence electrons. The summed E-state index contributed by atoms with van der Waals surface area (Å²) in [5, 5.41) is 0. The lowest BCUT2D eigenvalue weighted by Crippen LogP contribution is -2.40. The first kappa shape index (κ1) is 18.0. The first-order valence-corrected chi connectivity index (χ1v) is 8.15. The molecule has 1 aromatic rings. The predicted octanol–water partition coefficient (Wildman–Crippen LogP) is 3.05. The van der Waals surface area contributed by atoms with Gasteiger partial charge in [0.15, 0.2) is 0 Å². The predicted molar refractivity (Wildman–Crippen MR) is 94.2 cm³/mol. The highest BCUT2D eigenvalue weighted by Gasteiger charge is 2.17. The van der Waals surface area contributed by atoms with E-state index < -0.39 is 0 Å². The fourth-order valence-corrected chi connectivity index (χ4v) is 2.93. The van der Waals surface area contributed by atoms with E-state index in [9.17, 15) is 0 Å². The van der Waals surface area contributed by atoms with Crippen molar-refractivity contribution >= 4 is 5.69 Å². The molecule has 3 heteroatoms. The van der Waals surface area contributed by atoms with Gasteiger partial charge in [-0.1, -0.05) is 24.6 Å². The monoisotopic (exact) mass is 291 g/mol. The second kappa shape index (κ2) is 8.40. The zero-order valence-corrected chi connectivity index (χ0v) is 14.7. The Hall–Kier alpha value is -1.06. The highest BCUT2D eigenvalue weighted by Crippen LogP contribution is 2.25. The minimum atomic E-state index is 0.244. The van der Waals surface area contributed by atoms with Gasteiger partial charge < -0.3 is 15.5 Å². The van der Waals surface area contributed by atoms with Crippen molar-refractivity contribution in [3.8, 4) is 0 Å². The van der Waals surface area contributed by atoms with E-state index in [1.807, 2.05) is 0 Å². The Bertz CT molecular complexity index is 428. The lowest BCUT2D eigenvalue weighted by atomic mass is 9.99. The summed E-state index contributed by atoms with van der Waals surface area (Å²) in [4.78, 5) is 4.75. The van der Waals surface area contributed by atoms with Crippen molar-refractivity contribution in [2.75, 3.05) is 32.1 Å². The van der Waals surface area contributed by atoms with Crippen LogP contribution in [0.2, 0.25) is 0 Å². The standard InChI is InChI=1S/C18H33N3/c1-7-17(19)12-16-11-14(3)9-10-18(16)21(8-2)15(4)13-20(5)6/h9-11,15,17H,7-8,12-13,19H2,1-6H3. The van der Waals surface area contributed by atoms with E-state index in [-0.39, 0.29) is 6.04 Å². The van der Waals surface area contributed by atoms with Crippen LogP contribution in [0.3, 0.4) is 0 Å². The summed E-state index contributed by atoms with van der Waals surface area (Å²) in [6.07, 6.45) is 1.98. The van der Waals surface area contributed by atoms with Gasteiger partial charge in [0.05, 0.1) is 0 Å². The van der Waals surface area contributed by atoms with Crippen LogP contribution < -0.4 is 10.6 Å². The molecule has 0 aliphatic carbocycles. The number of aryl methyl sites for hydroxylation is 1. The van der Waals surface area contributed by atoms with E-state index in [2.05, 4.69) is 69.8 Å². The van der Waals surface area contributed by atoms with E-state index in [0.717, 1.165) is 25.9 Å². The van der Waals surface area contributed by atoms with Gasteiger partial charge in [-0.2, -0.15) is 0 Å². The first-order chi connectivity index (χ1) is 9.88. The summed E-state index contributed by atoms with van der Waals surface area (Å²) in [7, 11) is 4.26. The van der Waals surface area contributed by atoms with Crippen LogP contribution in [-0.2, 0) is 6.42 Å². The molecule has 0 fully saturated rings. The quantitative estimate of drug-likeness (QED) is 0.799. The summed E-state index contributed by atoms with van der Waals surface area (Å²) >= 11 is 0. The van der Waals surface area contributed by atoms with Crippen molar-refractivity contribution in [2.45, 2.75) is 52.6 Å². The number of hydrogen-bond donors (Lipinski definition) is 1. The van der Waals surface area contributed by atoms with E-state index in [0.29, 0.717) is 6.04 Å². The second-order valence-electron chi connectivity index (χ2n) is 6.40. The number of nitrogens with zero attached hydrogens (tertiary/aromatic N) is 2. The zero-order valence-electron chi connectivity index (χ0n) is 14.7. The topological polar surface area (TPSA) is 32.5 Å². The van der Waals surface area contributed by atoms with Gasteiger partial charge in [-0.15, -0.1) is 0 Å². The molecule has 0 aliphatic rings. The lowest BCUT2D eigenvalue weighted by molar-refractivity contribution is 0.372. The Kier molecular flexibility index (Phi) is 7.20. The van der Waals surface area contributed by atoms with Crippen LogP contribution in [0.5, 0.6) is 0 Å². The van der Waals surface area contributed by atoms with Gasteiger partial charge in [0.1, 0.15) is 0 Å². The molecule has 0 radical (unpaired) electrons. The maximum Gasteiger partial charge on any atom is 0.0402 e. The molecular weight excluding hydrogens is 258 g/mol. The molecule has 0 bridgehead atoms. The average molecular weight is 291 g/mol. The van der Waals surface area contributed by atoms with Crippen LogP contribution in [-0.4, -0.2) is 44.2 Å². The molecule has 2 N–H and O–H groups in total. The molecule has 0 aliphatic heterocycles. The summed E-state index contributed by atoms with van der Waals surface area (Å²) in [6.45, 7) is 10.9. The smallest absolute Gasteiger partial charge is 0.0402 e. The van der Waals surface area contributed by atoms with Crippen molar-refractivity contribution in [2.24, 2.45) is 5.73 Å². The Morgan fingerprint density at radius 1 is 1.19 bits per heavy atom. The highest BCUT2D eigenvalue weighted by atomic mass is 15.2. The van der Waals surface area contributed by atoms with Crippen molar-refractivity contribution in [3.05, 3.63) is 29.3 Å². The minimum Gasteiger partial charge on any atom is -0.368 e. The third-order valence-corrected chi connectivity index (χ3v) is 4.05. The maximum atomic E-state index is 6.20. The number of likely N-dealkylation sites (N-methyl/N-ethyl adjacent to an activating group) is 2. The highest BCUT2D eigenvalue weighted by molar-refractivity contribution is 5.56. The second-order valence-corrected chi connectivity index (χ2v) is 6.40. The number of hydrogen-bond acceptors (Lipinski definition) is 3. The molecule has 0 saturated heterocycles. The molecule has 3 nitrogen and oxygen atoms in total. The number of nitrogens with two attached hydrogens (primary N) is 1. The third kappa shape index (κ3) is 5.33. The molecule has 0 aromatic heterocycles. The van der Waals surface area contributed by atoms with Crippen LogP contribution in [0.15, 0.2) is 18.2 Å². The Labute approximate surface area is 131 Å². The van der Waals surface area contributed by atoms with Gasteiger partial charge in [-0.25, -0.2) is 0 Å². The molecule has 0 spiro atoms. The summed E-state index contributed by atoms with van der Waals surface area (Å²) < 4.78 is 0. The Morgan fingerprint density at radius 2 is 1.86 bits per heavy atom. The largest absolute Gasteiger partial charge is 0.368 e. The van der Waals surface area contributed by atoms with Crippen LogP contribution >= 0.6 is 0 Å². The zero-order chi connectivity index (χ0) is 16.0. The van der Waals surface area contributed by atoms with Crippen molar-refractivity contribution in [1.29, 1.82) is 0 Å².